The molecule has 4 bridgehead atoms. The van der Waals surface area contributed by atoms with Gasteiger partial charge in [0.25, 0.3) is 0 Å². The number of hydrogen-bond acceptors (Lipinski definition) is 2. The summed E-state index contributed by atoms with van der Waals surface area (Å²) < 4.78 is 19.0. The topological polar surface area (TPSA) is 29.5 Å². The predicted octanol–water partition coefficient (Wildman–Crippen LogP) is 4.08. The lowest BCUT2D eigenvalue weighted by Crippen LogP contribution is -2.48. The fourth-order valence-corrected chi connectivity index (χ4v) is 5.76. The fraction of sp³-hybridized carbons (Fsp3) is 0.667. The van der Waals surface area contributed by atoms with E-state index in [0.29, 0.717) is 11.3 Å². The van der Waals surface area contributed by atoms with E-state index in [4.69, 9.17) is 4.74 Å². The Kier molecular flexibility index (Phi) is 3.04. The van der Waals surface area contributed by atoms with Crippen molar-refractivity contribution < 1.29 is 14.2 Å². The highest BCUT2D eigenvalue weighted by Gasteiger charge is 2.54. The van der Waals surface area contributed by atoms with E-state index in [1.807, 2.05) is 0 Å². The van der Waals surface area contributed by atoms with Gasteiger partial charge in [0, 0.05) is 11.0 Å². The molecule has 0 radical (unpaired) electrons. The smallest absolute Gasteiger partial charge is 0.124 e. The molecule has 1 unspecified atom stereocenters. The Hall–Kier alpha value is -1.09. The van der Waals surface area contributed by atoms with Gasteiger partial charge in [-0.2, -0.15) is 0 Å². The van der Waals surface area contributed by atoms with Crippen LogP contribution in [0.2, 0.25) is 0 Å². The van der Waals surface area contributed by atoms with E-state index in [0.717, 1.165) is 37.0 Å². The maximum absolute atomic E-state index is 13.6. The highest BCUT2D eigenvalue weighted by atomic mass is 19.1. The van der Waals surface area contributed by atoms with Crippen molar-refractivity contribution in [1.82, 2.24) is 0 Å². The first-order valence-electron chi connectivity index (χ1n) is 8.11. The maximum atomic E-state index is 13.6. The summed E-state index contributed by atoms with van der Waals surface area (Å²) in [6.07, 6.45) is 6.71. The number of aliphatic hydroxyl groups excluding tert-OH is 1. The molecule has 4 aliphatic carbocycles. The van der Waals surface area contributed by atoms with Crippen LogP contribution < -0.4 is 4.74 Å². The number of aliphatic hydroxyl groups is 1. The quantitative estimate of drug-likeness (QED) is 0.908. The van der Waals surface area contributed by atoms with Crippen LogP contribution in [0.1, 0.15) is 50.2 Å². The van der Waals surface area contributed by atoms with Crippen LogP contribution in [-0.2, 0) is 0 Å². The molecule has 2 nitrogen and oxygen atoms in total. The minimum Gasteiger partial charge on any atom is -0.496 e. The molecule has 1 N–H and O–H groups in total. The number of rotatable bonds is 3. The van der Waals surface area contributed by atoms with Crippen molar-refractivity contribution in [3.63, 3.8) is 0 Å². The lowest BCUT2D eigenvalue weighted by atomic mass is 9.47. The molecule has 3 heteroatoms. The van der Waals surface area contributed by atoms with Gasteiger partial charge in [0.1, 0.15) is 11.6 Å². The van der Waals surface area contributed by atoms with Gasteiger partial charge in [-0.1, -0.05) is 0 Å². The normalized spacial score (nSPS) is 38.5. The summed E-state index contributed by atoms with van der Waals surface area (Å²) in [6, 6.07) is 4.49. The lowest BCUT2D eigenvalue weighted by Gasteiger charge is -2.58. The van der Waals surface area contributed by atoms with Crippen LogP contribution in [0, 0.1) is 29.0 Å². The van der Waals surface area contributed by atoms with Crippen molar-refractivity contribution in [2.24, 2.45) is 23.2 Å². The van der Waals surface area contributed by atoms with E-state index < -0.39 is 6.10 Å². The zero-order chi connectivity index (χ0) is 14.6. The third kappa shape index (κ3) is 2.09. The van der Waals surface area contributed by atoms with Crippen LogP contribution in [0.4, 0.5) is 4.39 Å². The molecule has 0 amide bonds. The zero-order valence-electron chi connectivity index (χ0n) is 12.5. The molecule has 0 aromatic heterocycles. The molecule has 0 saturated heterocycles. The second-order valence-electron chi connectivity index (χ2n) is 7.57. The van der Waals surface area contributed by atoms with Crippen LogP contribution in [0.5, 0.6) is 5.75 Å². The van der Waals surface area contributed by atoms with Gasteiger partial charge in [-0.05, 0) is 74.5 Å². The van der Waals surface area contributed by atoms with E-state index in [1.54, 1.807) is 13.2 Å². The summed E-state index contributed by atoms with van der Waals surface area (Å²) in [7, 11) is 1.59. The van der Waals surface area contributed by atoms with Crippen molar-refractivity contribution in [2.75, 3.05) is 7.11 Å². The summed E-state index contributed by atoms with van der Waals surface area (Å²) in [6.45, 7) is 0. The van der Waals surface area contributed by atoms with Crippen molar-refractivity contribution in [2.45, 2.75) is 44.6 Å². The van der Waals surface area contributed by atoms with Gasteiger partial charge in [0.2, 0.25) is 0 Å². The molecule has 1 aromatic carbocycles. The van der Waals surface area contributed by atoms with Crippen LogP contribution >= 0.6 is 0 Å². The minimum absolute atomic E-state index is 0.0458. The van der Waals surface area contributed by atoms with Crippen LogP contribution in [-0.4, -0.2) is 12.2 Å². The molecular weight excluding hydrogens is 267 g/mol. The molecule has 4 saturated carbocycles. The largest absolute Gasteiger partial charge is 0.496 e. The SMILES string of the molecule is COc1ccc(F)cc1C(O)C12CC3CC(CC(C3)C1)C2. The molecule has 0 spiro atoms. The molecule has 114 valence electrons. The number of hydrogen-bond donors (Lipinski definition) is 1. The minimum atomic E-state index is -0.600. The van der Waals surface area contributed by atoms with Gasteiger partial charge in [0.05, 0.1) is 13.2 Å². The van der Waals surface area contributed by atoms with Crippen LogP contribution in [0.25, 0.3) is 0 Å². The first-order chi connectivity index (χ1) is 10.1. The molecule has 0 heterocycles. The van der Waals surface area contributed by atoms with Gasteiger partial charge in [0.15, 0.2) is 0 Å². The molecule has 4 aliphatic rings. The molecule has 21 heavy (non-hydrogen) atoms. The second kappa shape index (κ2) is 4.70. The van der Waals surface area contributed by atoms with Crippen molar-refractivity contribution in [1.29, 1.82) is 0 Å². The molecular formula is C18H23FO2. The Morgan fingerprint density at radius 2 is 1.71 bits per heavy atom. The summed E-state index contributed by atoms with van der Waals surface area (Å²) >= 11 is 0. The molecule has 1 aromatic rings. The molecule has 4 fully saturated rings. The summed E-state index contributed by atoms with van der Waals surface area (Å²) in [5.41, 5.74) is 0.593. The standard InChI is InChI=1S/C18H23FO2/c1-21-16-3-2-14(19)7-15(16)17(20)18-8-11-4-12(9-18)6-13(5-11)10-18/h2-3,7,11-13,17,20H,4-6,8-10H2,1H3. The van der Waals surface area contributed by atoms with E-state index in [2.05, 4.69) is 0 Å². The van der Waals surface area contributed by atoms with Crippen LogP contribution in [0.3, 0.4) is 0 Å². The molecule has 1 atom stereocenters. The monoisotopic (exact) mass is 290 g/mol. The fourth-order valence-electron chi connectivity index (χ4n) is 5.76. The first-order valence-corrected chi connectivity index (χ1v) is 8.11. The van der Waals surface area contributed by atoms with Gasteiger partial charge < -0.3 is 9.84 Å². The third-order valence-corrected chi connectivity index (χ3v) is 6.15. The number of halogens is 1. The second-order valence-corrected chi connectivity index (χ2v) is 7.57. The Balaban J connectivity index is 1.71. The Morgan fingerprint density at radius 1 is 1.14 bits per heavy atom. The van der Waals surface area contributed by atoms with Gasteiger partial charge in [-0.25, -0.2) is 4.39 Å². The van der Waals surface area contributed by atoms with E-state index in [9.17, 15) is 9.50 Å². The van der Waals surface area contributed by atoms with Crippen LogP contribution in [0.15, 0.2) is 18.2 Å². The Labute approximate surface area is 125 Å². The number of methoxy groups -OCH3 is 1. The number of benzene rings is 1. The molecule has 5 rings (SSSR count). The first kappa shape index (κ1) is 13.6. The predicted molar refractivity (Wildman–Crippen MR) is 78.5 cm³/mol. The lowest BCUT2D eigenvalue weighted by molar-refractivity contribution is -0.122. The van der Waals surface area contributed by atoms with E-state index in [1.165, 1.54) is 31.4 Å². The van der Waals surface area contributed by atoms with Crippen molar-refractivity contribution in [3.05, 3.63) is 29.6 Å². The van der Waals surface area contributed by atoms with Gasteiger partial charge in [-0.3, -0.25) is 0 Å². The summed E-state index contributed by atoms with van der Waals surface area (Å²) in [5.74, 6) is 2.62. The number of ether oxygens (including phenoxy) is 1. The van der Waals surface area contributed by atoms with E-state index >= 15 is 0 Å². The van der Waals surface area contributed by atoms with E-state index in [-0.39, 0.29) is 11.2 Å². The van der Waals surface area contributed by atoms with Crippen molar-refractivity contribution >= 4 is 0 Å². The maximum Gasteiger partial charge on any atom is 0.124 e. The van der Waals surface area contributed by atoms with Gasteiger partial charge >= 0.3 is 0 Å². The third-order valence-electron chi connectivity index (χ3n) is 6.15. The Bertz CT molecular complexity index is 519. The zero-order valence-corrected chi connectivity index (χ0v) is 12.5. The average molecular weight is 290 g/mol. The van der Waals surface area contributed by atoms with Crippen molar-refractivity contribution in [3.8, 4) is 5.75 Å². The summed E-state index contributed by atoms with van der Waals surface area (Å²) in [5, 5.41) is 11.1. The molecule has 0 aliphatic heterocycles. The average Bonchev–Trinajstić information content (AvgIpc) is 2.45. The Morgan fingerprint density at radius 3 is 2.24 bits per heavy atom. The highest BCUT2D eigenvalue weighted by Crippen LogP contribution is 2.64. The highest BCUT2D eigenvalue weighted by molar-refractivity contribution is 5.37. The summed E-state index contributed by atoms with van der Waals surface area (Å²) in [4.78, 5) is 0. The van der Waals surface area contributed by atoms with Gasteiger partial charge in [-0.15, -0.1) is 0 Å².